The van der Waals surface area contributed by atoms with E-state index in [0.29, 0.717) is 11.9 Å². The first kappa shape index (κ1) is 16.0. The first-order chi connectivity index (χ1) is 10.1. The summed E-state index contributed by atoms with van der Waals surface area (Å²) in [6.07, 6.45) is 0. The molecule has 2 rings (SSSR count). The van der Waals surface area contributed by atoms with Gasteiger partial charge in [-0.05, 0) is 32.5 Å². The second-order valence-electron chi connectivity index (χ2n) is 5.29. The van der Waals surface area contributed by atoms with E-state index in [1.165, 1.54) is 10.5 Å². The molecule has 0 aliphatic carbocycles. The summed E-state index contributed by atoms with van der Waals surface area (Å²) in [5.41, 5.74) is 1.27. The van der Waals surface area contributed by atoms with Crippen molar-refractivity contribution in [2.24, 2.45) is 0 Å². The van der Waals surface area contributed by atoms with Gasteiger partial charge >= 0.3 is 0 Å². The van der Waals surface area contributed by atoms with Crippen LogP contribution in [0.2, 0.25) is 0 Å². The number of nitrogens with one attached hydrogen (secondary N) is 1. The monoisotopic (exact) mass is 305 g/mol. The second-order valence-corrected chi connectivity index (χ2v) is 6.34. The fourth-order valence-electron chi connectivity index (χ4n) is 2.08. The summed E-state index contributed by atoms with van der Waals surface area (Å²) in [6, 6.07) is 8.77. The van der Waals surface area contributed by atoms with E-state index in [2.05, 4.69) is 67.4 Å². The molecule has 0 bridgehead atoms. The molecule has 21 heavy (non-hydrogen) atoms. The first-order valence-electron chi connectivity index (χ1n) is 7.35. The van der Waals surface area contributed by atoms with Crippen molar-refractivity contribution in [3.05, 3.63) is 41.5 Å². The van der Waals surface area contributed by atoms with Crippen LogP contribution >= 0.6 is 11.8 Å². The van der Waals surface area contributed by atoms with Gasteiger partial charge in [0, 0.05) is 10.9 Å². The minimum Gasteiger partial charge on any atom is -0.339 e. The minimum absolute atomic E-state index is 0.218. The van der Waals surface area contributed by atoms with E-state index in [1.807, 2.05) is 0 Å². The van der Waals surface area contributed by atoms with Crippen molar-refractivity contribution in [1.82, 2.24) is 15.5 Å². The number of likely N-dealkylation sites (N-methyl/N-ethyl adjacent to an activating group) is 1. The van der Waals surface area contributed by atoms with Gasteiger partial charge in [-0.15, -0.1) is 11.8 Å². The van der Waals surface area contributed by atoms with Crippen molar-refractivity contribution >= 4 is 11.8 Å². The summed E-state index contributed by atoms with van der Waals surface area (Å²) in [7, 11) is 0. The molecule has 5 heteroatoms. The van der Waals surface area contributed by atoms with Gasteiger partial charge in [0.25, 0.3) is 0 Å². The molecule has 1 N–H and O–H groups in total. The van der Waals surface area contributed by atoms with Crippen molar-refractivity contribution < 1.29 is 4.52 Å². The van der Waals surface area contributed by atoms with Crippen molar-refractivity contribution in [3.63, 3.8) is 0 Å². The molecule has 0 saturated heterocycles. The summed E-state index contributed by atoms with van der Waals surface area (Å²) < 4.78 is 5.39. The standard InChI is InChI=1S/C16H23N3OS/c1-5-17-13(4)12(3)16-18-15(19-20-16)10-21-14-8-6-7-11(2)9-14/h6-9,12-13,17H,5,10H2,1-4H3. The Hall–Kier alpha value is -1.33. The van der Waals surface area contributed by atoms with E-state index in [0.717, 1.165) is 18.1 Å². The number of hydrogen-bond donors (Lipinski definition) is 1. The van der Waals surface area contributed by atoms with E-state index in [1.54, 1.807) is 11.8 Å². The summed E-state index contributed by atoms with van der Waals surface area (Å²) >= 11 is 1.73. The van der Waals surface area contributed by atoms with Gasteiger partial charge in [0.2, 0.25) is 5.89 Å². The highest BCUT2D eigenvalue weighted by Crippen LogP contribution is 2.24. The fraction of sp³-hybridized carbons (Fsp3) is 0.500. The van der Waals surface area contributed by atoms with E-state index < -0.39 is 0 Å². The number of thioether (sulfide) groups is 1. The smallest absolute Gasteiger partial charge is 0.231 e. The Morgan fingerprint density at radius 2 is 2.14 bits per heavy atom. The number of benzene rings is 1. The fourth-order valence-corrected chi connectivity index (χ4v) is 2.93. The van der Waals surface area contributed by atoms with Crippen LogP contribution in [-0.4, -0.2) is 22.7 Å². The molecule has 1 heterocycles. The lowest BCUT2D eigenvalue weighted by Crippen LogP contribution is -2.30. The van der Waals surface area contributed by atoms with E-state index in [9.17, 15) is 0 Å². The second kappa shape index (κ2) is 7.61. The largest absolute Gasteiger partial charge is 0.339 e. The Kier molecular flexibility index (Phi) is 5.82. The zero-order valence-electron chi connectivity index (χ0n) is 13.1. The number of aromatic nitrogens is 2. The predicted molar refractivity (Wildman–Crippen MR) is 86.6 cm³/mol. The van der Waals surface area contributed by atoms with Crippen LogP contribution in [0.4, 0.5) is 0 Å². The Labute approximate surface area is 130 Å². The predicted octanol–water partition coefficient (Wildman–Crippen LogP) is 3.77. The van der Waals surface area contributed by atoms with E-state index in [4.69, 9.17) is 4.52 Å². The maximum atomic E-state index is 5.39. The maximum Gasteiger partial charge on any atom is 0.231 e. The van der Waals surface area contributed by atoms with E-state index in [-0.39, 0.29) is 5.92 Å². The van der Waals surface area contributed by atoms with Crippen LogP contribution in [0.1, 0.15) is 44.0 Å². The Balaban J connectivity index is 1.94. The summed E-state index contributed by atoms with van der Waals surface area (Å²) in [5, 5.41) is 7.47. The van der Waals surface area contributed by atoms with Crippen LogP contribution in [-0.2, 0) is 5.75 Å². The van der Waals surface area contributed by atoms with Crippen molar-refractivity contribution in [1.29, 1.82) is 0 Å². The third-order valence-corrected chi connectivity index (χ3v) is 4.50. The Bertz CT molecular complexity index is 570. The molecule has 1 aromatic carbocycles. The molecule has 2 unspecified atom stereocenters. The van der Waals surface area contributed by atoms with Gasteiger partial charge in [-0.3, -0.25) is 0 Å². The molecule has 0 fully saturated rings. The molecular weight excluding hydrogens is 282 g/mol. The van der Waals surface area contributed by atoms with Gasteiger partial charge in [0.1, 0.15) is 0 Å². The molecule has 0 spiro atoms. The topological polar surface area (TPSA) is 51.0 Å². The average Bonchev–Trinajstić information content (AvgIpc) is 2.93. The minimum atomic E-state index is 0.218. The van der Waals surface area contributed by atoms with Crippen LogP contribution in [0.5, 0.6) is 0 Å². The highest BCUT2D eigenvalue weighted by Gasteiger charge is 2.19. The molecule has 0 aliphatic heterocycles. The molecule has 4 nitrogen and oxygen atoms in total. The third kappa shape index (κ3) is 4.58. The summed E-state index contributed by atoms with van der Waals surface area (Å²) in [4.78, 5) is 5.74. The van der Waals surface area contributed by atoms with Gasteiger partial charge in [-0.25, -0.2) is 0 Å². The van der Waals surface area contributed by atoms with Crippen molar-refractivity contribution in [2.75, 3.05) is 6.54 Å². The normalized spacial score (nSPS) is 14.1. The van der Waals surface area contributed by atoms with Crippen LogP contribution in [0.3, 0.4) is 0 Å². The summed E-state index contributed by atoms with van der Waals surface area (Å²) in [6.45, 7) is 9.38. The molecule has 0 radical (unpaired) electrons. The third-order valence-electron chi connectivity index (χ3n) is 3.51. The molecule has 1 aromatic heterocycles. The number of hydrogen-bond acceptors (Lipinski definition) is 5. The highest BCUT2D eigenvalue weighted by molar-refractivity contribution is 7.98. The molecule has 2 atom stereocenters. The zero-order chi connectivity index (χ0) is 15.2. The molecular formula is C16H23N3OS. The van der Waals surface area contributed by atoms with Gasteiger partial charge in [-0.1, -0.05) is 36.7 Å². The maximum absolute atomic E-state index is 5.39. The number of nitrogens with zero attached hydrogens (tertiary/aromatic N) is 2. The number of aryl methyl sites for hydroxylation is 1. The quantitative estimate of drug-likeness (QED) is 0.789. The van der Waals surface area contributed by atoms with Crippen LogP contribution < -0.4 is 5.32 Å². The first-order valence-corrected chi connectivity index (χ1v) is 8.34. The van der Waals surface area contributed by atoms with Gasteiger partial charge in [0.05, 0.1) is 11.7 Å². The molecule has 0 aliphatic rings. The van der Waals surface area contributed by atoms with Crippen molar-refractivity contribution in [2.45, 2.75) is 50.3 Å². The van der Waals surface area contributed by atoms with Gasteiger partial charge in [0.15, 0.2) is 5.82 Å². The average molecular weight is 305 g/mol. The van der Waals surface area contributed by atoms with E-state index >= 15 is 0 Å². The lowest BCUT2D eigenvalue weighted by Gasteiger charge is -2.16. The zero-order valence-corrected chi connectivity index (χ0v) is 13.9. The Morgan fingerprint density at radius 3 is 2.86 bits per heavy atom. The van der Waals surface area contributed by atoms with Gasteiger partial charge in [-0.2, -0.15) is 4.98 Å². The SMILES string of the molecule is CCNC(C)C(C)c1nc(CSc2cccc(C)c2)no1. The molecule has 2 aromatic rings. The molecule has 114 valence electrons. The van der Waals surface area contributed by atoms with Gasteiger partial charge < -0.3 is 9.84 Å². The lowest BCUT2D eigenvalue weighted by atomic mass is 10.0. The van der Waals surface area contributed by atoms with Crippen LogP contribution in [0.15, 0.2) is 33.7 Å². The Morgan fingerprint density at radius 1 is 1.33 bits per heavy atom. The number of rotatable bonds is 7. The lowest BCUT2D eigenvalue weighted by molar-refractivity contribution is 0.330. The summed E-state index contributed by atoms with van der Waals surface area (Å²) in [5.74, 6) is 2.42. The molecule has 0 saturated carbocycles. The van der Waals surface area contributed by atoms with Crippen LogP contribution in [0, 0.1) is 6.92 Å². The van der Waals surface area contributed by atoms with Crippen molar-refractivity contribution in [3.8, 4) is 0 Å². The van der Waals surface area contributed by atoms with Crippen LogP contribution in [0.25, 0.3) is 0 Å². The highest BCUT2D eigenvalue weighted by atomic mass is 32.2. The molecule has 0 amide bonds.